The van der Waals surface area contributed by atoms with Gasteiger partial charge in [0.25, 0.3) is 5.91 Å². The minimum absolute atomic E-state index is 0.173. The molecule has 126 valence electrons. The maximum absolute atomic E-state index is 12.1. The number of rotatable bonds is 5. The predicted molar refractivity (Wildman–Crippen MR) is 81.6 cm³/mol. The SMILES string of the molecule is CCNC(=O)NC(=O)C(C)OC(=O)c1ccccc1S(C)(=O)=O. The van der Waals surface area contributed by atoms with Gasteiger partial charge in [-0.25, -0.2) is 18.0 Å². The van der Waals surface area contributed by atoms with Crippen molar-refractivity contribution in [3.63, 3.8) is 0 Å². The molecule has 3 amide bonds. The van der Waals surface area contributed by atoms with E-state index in [0.29, 0.717) is 6.54 Å². The quantitative estimate of drug-likeness (QED) is 0.751. The molecule has 1 rings (SSSR count). The van der Waals surface area contributed by atoms with Gasteiger partial charge >= 0.3 is 12.0 Å². The van der Waals surface area contributed by atoms with Crippen LogP contribution in [0.25, 0.3) is 0 Å². The van der Waals surface area contributed by atoms with Gasteiger partial charge in [0.05, 0.1) is 10.5 Å². The van der Waals surface area contributed by atoms with Crippen LogP contribution in [0.3, 0.4) is 0 Å². The van der Waals surface area contributed by atoms with Crippen LogP contribution in [-0.4, -0.2) is 45.2 Å². The monoisotopic (exact) mass is 342 g/mol. The Morgan fingerprint density at radius 2 is 1.83 bits per heavy atom. The fraction of sp³-hybridized carbons (Fsp3) is 0.357. The van der Waals surface area contributed by atoms with Gasteiger partial charge in [0.1, 0.15) is 0 Å². The van der Waals surface area contributed by atoms with Gasteiger partial charge < -0.3 is 10.1 Å². The van der Waals surface area contributed by atoms with Gasteiger partial charge in [-0.1, -0.05) is 12.1 Å². The number of esters is 1. The average Bonchev–Trinajstić information content (AvgIpc) is 2.46. The van der Waals surface area contributed by atoms with E-state index in [1.807, 2.05) is 5.32 Å². The number of carbonyl (C=O) groups is 3. The molecule has 2 N–H and O–H groups in total. The molecule has 0 aliphatic heterocycles. The first kappa shape index (κ1) is 18.6. The van der Waals surface area contributed by atoms with Gasteiger partial charge in [-0.15, -0.1) is 0 Å². The Bertz CT molecular complexity index is 714. The molecule has 0 bridgehead atoms. The zero-order valence-corrected chi connectivity index (χ0v) is 13.8. The fourth-order valence-electron chi connectivity index (χ4n) is 1.65. The second-order valence-corrected chi connectivity index (χ2v) is 6.65. The third-order valence-corrected chi connectivity index (χ3v) is 3.89. The Balaban J connectivity index is 2.85. The molecular weight excluding hydrogens is 324 g/mol. The number of benzene rings is 1. The average molecular weight is 342 g/mol. The number of hydrogen-bond acceptors (Lipinski definition) is 6. The van der Waals surface area contributed by atoms with E-state index < -0.39 is 33.8 Å². The molecule has 0 aliphatic carbocycles. The normalized spacial score (nSPS) is 12.1. The lowest BCUT2D eigenvalue weighted by Gasteiger charge is -2.14. The highest BCUT2D eigenvalue weighted by molar-refractivity contribution is 7.90. The van der Waals surface area contributed by atoms with Crippen LogP contribution in [0.5, 0.6) is 0 Å². The summed E-state index contributed by atoms with van der Waals surface area (Å²) in [5.74, 6) is -1.79. The standard InChI is InChI=1S/C14H18N2O6S/c1-4-15-14(19)16-12(17)9(2)22-13(18)10-7-5-6-8-11(10)23(3,20)21/h5-9H,4H2,1-3H3,(H2,15,16,17,19). The molecule has 0 saturated carbocycles. The summed E-state index contributed by atoms with van der Waals surface area (Å²) in [6, 6.07) is 4.79. The lowest BCUT2D eigenvalue weighted by atomic mass is 10.2. The van der Waals surface area contributed by atoms with Gasteiger partial charge in [0, 0.05) is 12.8 Å². The van der Waals surface area contributed by atoms with Crippen LogP contribution in [0.4, 0.5) is 4.79 Å². The van der Waals surface area contributed by atoms with Gasteiger partial charge in [0.2, 0.25) is 0 Å². The molecule has 0 aromatic heterocycles. The summed E-state index contributed by atoms with van der Waals surface area (Å²) in [7, 11) is -3.63. The van der Waals surface area contributed by atoms with Crippen molar-refractivity contribution in [3.8, 4) is 0 Å². The molecular formula is C14H18N2O6S. The molecule has 1 aromatic rings. The van der Waals surface area contributed by atoms with Crippen LogP contribution >= 0.6 is 0 Å². The number of urea groups is 1. The molecule has 9 heteroatoms. The zero-order chi connectivity index (χ0) is 17.6. The van der Waals surface area contributed by atoms with E-state index in [-0.39, 0.29) is 10.5 Å². The largest absolute Gasteiger partial charge is 0.449 e. The van der Waals surface area contributed by atoms with Crippen molar-refractivity contribution < 1.29 is 27.5 Å². The molecule has 1 aromatic carbocycles. The number of ether oxygens (including phenoxy) is 1. The van der Waals surface area contributed by atoms with E-state index in [1.165, 1.54) is 31.2 Å². The van der Waals surface area contributed by atoms with E-state index >= 15 is 0 Å². The Hall–Kier alpha value is -2.42. The summed E-state index contributed by atoms with van der Waals surface area (Å²) in [5, 5.41) is 4.35. The third-order valence-electron chi connectivity index (χ3n) is 2.73. The molecule has 8 nitrogen and oxygen atoms in total. The van der Waals surface area contributed by atoms with Crippen LogP contribution in [0.1, 0.15) is 24.2 Å². The summed E-state index contributed by atoms with van der Waals surface area (Å²) in [6.07, 6.45) is -0.303. The van der Waals surface area contributed by atoms with Gasteiger partial charge in [-0.05, 0) is 26.0 Å². The molecule has 0 heterocycles. The van der Waals surface area contributed by atoms with Crippen molar-refractivity contribution in [1.29, 1.82) is 0 Å². The van der Waals surface area contributed by atoms with Crippen molar-refractivity contribution >= 4 is 27.7 Å². The molecule has 1 unspecified atom stereocenters. The Labute approximate surface area is 134 Å². The number of amides is 3. The number of hydrogen-bond donors (Lipinski definition) is 2. The highest BCUT2D eigenvalue weighted by atomic mass is 32.2. The maximum Gasteiger partial charge on any atom is 0.340 e. The highest BCUT2D eigenvalue weighted by Gasteiger charge is 2.24. The molecule has 0 radical (unpaired) electrons. The van der Waals surface area contributed by atoms with E-state index in [0.717, 1.165) is 6.26 Å². The van der Waals surface area contributed by atoms with Gasteiger partial charge in [-0.3, -0.25) is 10.1 Å². The van der Waals surface area contributed by atoms with Crippen molar-refractivity contribution in [2.75, 3.05) is 12.8 Å². The summed E-state index contributed by atoms with van der Waals surface area (Å²) < 4.78 is 28.2. The first-order valence-electron chi connectivity index (χ1n) is 6.75. The molecule has 0 aliphatic rings. The second-order valence-electron chi connectivity index (χ2n) is 4.66. The van der Waals surface area contributed by atoms with E-state index in [4.69, 9.17) is 4.74 Å². The van der Waals surface area contributed by atoms with Crippen LogP contribution in [0.2, 0.25) is 0 Å². The first-order chi connectivity index (χ1) is 10.7. The molecule has 0 spiro atoms. The van der Waals surface area contributed by atoms with Crippen molar-refractivity contribution in [3.05, 3.63) is 29.8 Å². The van der Waals surface area contributed by atoms with Crippen molar-refractivity contribution in [2.24, 2.45) is 0 Å². The minimum Gasteiger partial charge on any atom is -0.449 e. The van der Waals surface area contributed by atoms with E-state index in [1.54, 1.807) is 6.92 Å². The second kappa shape index (κ2) is 7.73. The molecule has 23 heavy (non-hydrogen) atoms. The third kappa shape index (κ3) is 5.37. The van der Waals surface area contributed by atoms with Gasteiger partial charge in [-0.2, -0.15) is 0 Å². The lowest BCUT2D eigenvalue weighted by Crippen LogP contribution is -2.44. The van der Waals surface area contributed by atoms with Crippen LogP contribution in [-0.2, 0) is 19.4 Å². The van der Waals surface area contributed by atoms with Crippen molar-refractivity contribution in [2.45, 2.75) is 24.8 Å². The topological polar surface area (TPSA) is 119 Å². The molecule has 0 saturated heterocycles. The maximum atomic E-state index is 12.1. The number of carbonyl (C=O) groups excluding carboxylic acids is 3. The number of imide groups is 1. The first-order valence-corrected chi connectivity index (χ1v) is 8.64. The minimum atomic E-state index is -3.63. The summed E-state index contributed by atoms with van der Waals surface area (Å²) >= 11 is 0. The zero-order valence-electron chi connectivity index (χ0n) is 13.0. The predicted octanol–water partition coefficient (Wildman–Crippen LogP) is 0.481. The molecule has 1 atom stereocenters. The number of nitrogens with one attached hydrogen (secondary N) is 2. The Kier molecular flexibility index (Phi) is 6.26. The van der Waals surface area contributed by atoms with Crippen LogP contribution in [0, 0.1) is 0 Å². The summed E-state index contributed by atoms with van der Waals surface area (Å²) in [4.78, 5) is 34.8. The van der Waals surface area contributed by atoms with E-state index in [2.05, 4.69) is 5.32 Å². The Morgan fingerprint density at radius 3 is 2.39 bits per heavy atom. The molecule has 0 fully saturated rings. The van der Waals surface area contributed by atoms with Crippen molar-refractivity contribution in [1.82, 2.24) is 10.6 Å². The lowest BCUT2D eigenvalue weighted by molar-refractivity contribution is -0.127. The fourth-order valence-corrected chi connectivity index (χ4v) is 2.53. The smallest absolute Gasteiger partial charge is 0.340 e. The van der Waals surface area contributed by atoms with Crippen LogP contribution < -0.4 is 10.6 Å². The number of sulfone groups is 1. The summed E-state index contributed by atoms with van der Waals surface area (Å²) in [5.41, 5.74) is -0.173. The summed E-state index contributed by atoms with van der Waals surface area (Å²) in [6.45, 7) is 3.28. The Morgan fingerprint density at radius 1 is 1.22 bits per heavy atom. The highest BCUT2D eigenvalue weighted by Crippen LogP contribution is 2.17. The van der Waals surface area contributed by atoms with Gasteiger partial charge in [0.15, 0.2) is 15.9 Å². The van der Waals surface area contributed by atoms with E-state index in [9.17, 15) is 22.8 Å². The van der Waals surface area contributed by atoms with Crippen LogP contribution in [0.15, 0.2) is 29.2 Å².